The molecule has 2 heterocycles. The zero-order valence-corrected chi connectivity index (χ0v) is 23.1. The summed E-state index contributed by atoms with van der Waals surface area (Å²) >= 11 is 1.66. The quantitative estimate of drug-likeness (QED) is 0.408. The Morgan fingerprint density at radius 2 is 1.95 bits per heavy atom. The number of rotatable bonds is 3. The van der Waals surface area contributed by atoms with Crippen molar-refractivity contribution in [1.29, 1.82) is 0 Å². The van der Waals surface area contributed by atoms with Crippen molar-refractivity contribution in [1.82, 2.24) is 4.98 Å². The number of benzene rings is 1. The number of hydrogen-bond acceptors (Lipinski definition) is 6. The second kappa shape index (κ2) is 10.6. The van der Waals surface area contributed by atoms with E-state index >= 15 is 0 Å². The molecule has 5 nitrogen and oxygen atoms in total. The third kappa shape index (κ3) is 4.72. The van der Waals surface area contributed by atoms with Gasteiger partial charge < -0.3 is 10.1 Å². The van der Waals surface area contributed by atoms with Crippen LogP contribution in [0.1, 0.15) is 94.0 Å². The first kappa shape index (κ1) is 25.7. The van der Waals surface area contributed by atoms with Crippen molar-refractivity contribution in [3.05, 3.63) is 52.3 Å². The molecule has 4 aliphatic rings. The van der Waals surface area contributed by atoms with Gasteiger partial charge in [-0.15, -0.1) is 11.3 Å². The average molecular weight is 537 g/mol. The van der Waals surface area contributed by atoms with Gasteiger partial charge >= 0.3 is 5.97 Å². The summed E-state index contributed by atoms with van der Waals surface area (Å²) in [5.41, 5.74) is 2.54. The molecule has 7 atom stereocenters. The third-order valence-electron chi connectivity index (χ3n) is 9.38. The molecule has 3 aliphatic carbocycles. The Kier molecular flexibility index (Phi) is 7.14. The number of hydrogen-bond donors (Lipinski definition) is 1. The second-order valence-electron chi connectivity index (χ2n) is 11.7. The minimum atomic E-state index is -0.290. The molecule has 2 aromatic rings. The van der Waals surface area contributed by atoms with Crippen molar-refractivity contribution in [3.8, 4) is 0 Å². The van der Waals surface area contributed by atoms with E-state index < -0.39 is 0 Å². The van der Waals surface area contributed by atoms with E-state index in [1.807, 2.05) is 6.07 Å². The topological polar surface area (TPSA) is 68.3 Å². The van der Waals surface area contributed by atoms with E-state index in [9.17, 15) is 14.0 Å². The molecular formula is C31H37FN2O3S. The summed E-state index contributed by atoms with van der Waals surface area (Å²) in [6.07, 6.45) is 10.3. The number of esters is 1. The van der Waals surface area contributed by atoms with Gasteiger partial charge in [0, 0.05) is 28.3 Å². The standard InChI is InChI=1S/C31H37FN2O3S/c1-3-20-11-5-4-8-17(2)29(36)25-15-23-21-12-7-13-22(21)30-28(27(23)24(25)16-26(35)37-20)34-31(38-30)33-19-10-6-9-18(32)14-19/h6,9-10,14-15,17,20-24,27H,3-5,7-8,11-13,16H2,1-2H3,(H,33,34)/t17-,20+,21-,22?,23?,24-,27?/m1/s1. The number of Topliss-reactive ketones (excluding diaryl/α,β-unsaturated/α-hetero) is 1. The molecule has 202 valence electrons. The molecule has 1 N–H and O–H groups in total. The van der Waals surface area contributed by atoms with Crippen LogP contribution in [0.2, 0.25) is 0 Å². The van der Waals surface area contributed by atoms with Crippen LogP contribution in [0.15, 0.2) is 35.9 Å². The molecule has 1 aromatic carbocycles. The Morgan fingerprint density at radius 1 is 1.11 bits per heavy atom. The van der Waals surface area contributed by atoms with Crippen molar-refractivity contribution >= 4 is 33.9 Å². The number of ketones is 1. The van der Waals surface area contributed by atoms with E-state index in [1.54, 1.807) is 17.4 Å². The Bertz CT molecular complexity index is 1260. The van der Waals surface area contributed by atoms with E-state index in [0.29, 0.717) is 17.5 Å². The zero-order valence-electron chi connectivity index (χ0n) is 22.3. The molecule has 0 bridgehead atoms. The average Bonchev–Trinajstić information content (AvgIpc) is 3.61. The maximum Gasteiger partial charge on any atom is 0.306 e. The van der Waals surface area contributed by atoms with Crippen LogP contribution in [0.25, 0.3) is 0 Å². The summed E-state index contributed by atoms with van der Waals surface area (Å²) in [5.74, 6) is 0.583. The first-order valence-corrected chi connectivity index (χ1v) is 15.2. The molecule has 38 heavy (non-hydrogen) atoms. The molecule has 1 saturated heterocycles. The molecule has 0 spiro atoms. The Balaban J connectivity index is 1.38. The van der Waals surface area contributed by atoms with Crippen molar-refractivity contribution < 1.29 is 18.7 Å². The normalized spacial score (nSPS) is 33.1. The van der Waals surface area contributed by atoms with Gasteiger partial charge in [-0.3, -0.25) is 9.59 Å². The highest BCUT2D eigenvalue weighted by Crippen LogP contribution is 2.62. The van der Waals surface area contributed by atoms with E-state index in [4.69, 9.17) is 9.72 Å². The number of cyclic esters (lactones) is 1. The number of nitrogens with one attached hydrogen (secondary N) is 1. The highest BCUT2D eigenvalue weighted by atomic mass is 32.1. The molecule has 7 heteroatoms. The van der Waals surface area contributed by atoms with Gasteiger partial charge in [-0.05, 0) is 80.1 Å². The number of anilines is 2. The van der Waals surface area contributed by atoms with Gasteiger partial charge in [0.15, 0.2) is 10.9 Å². The number of nitrogens with zero attached hydrogens (tertiary/aromatic N) is 1. The lowest BCUT2D eigenvalue weighted by molar-refractivity contribution is -0.150. The van der Waals surface area contributed by atoms with Gasteiger partial charge in [-0.1, -0.05) is 38.8 Å². The molecule has 2 fully saturated rings. The number of carbonyl (C=O) groups excluding carboxylic acids is 2. The highest BCUT2D eigenvalue weighted by molar-refractivity contribution is 7.15. The van der Waals surface area contributed by atoms with Crippen molar-refractivity contribution in [2.24, 2.45) is 23.7 Å². The summed E-state index contributed by atoms with van der Waals surface area (Å²) < 4.78 is 19.8. The maximum absolute atomic E-state index is 13.8. The van der Waals surface area contributed by atoms with Gasteiger partial charge in [-0.25, -0.2) is 9.37 Å². The molecule has 0 radical (unpaired) electrons. The minimum absolute atomic E-state index is 0.00498. The van der Waals surface area contributed by atoms with Gasteiger partial charge in [-0.2, -0.15) is 0 Å². The predicted molar refractivity (Wildman–Crippen MR) is 147 cm³/mol. The van der Waals surface area contributed by atoms with Gasteiger partial charge in [0.2, 0.25) is 0 Å². The predicted octanol–water partition coefficient (Wildman–Crippen LogP) is 7.67. The van der Waals surface area contributed by atoms with E-state index in [-0.39, 0.29) is 53.8 Å². The van der Waals surface area contributed by atoms with Crippen molar-refractivity contribution in [2.45, 2.75) is 89.6 Å². The largest absolute Gasteiger partial charge is 0.462 e. The van der Waals surface area contributed by atoms with Gasteiger partial charge in [0.25, 0.3) is 0 Å². The first-order valence-electron chi connectivity index (χ1n) is 14.4. The molecule has 1 aliphatic heterocycles. The van der Waals surface area contributed by atoms with Crippen LogP contribution in [-0.2, 0) is 14.3 Å². The van der Waals surface area contributed by atoms with Crippen LogP contribution in [0.5, 0.6) is 0 Å². The number of thiazole rings is 1. The minimum Gasteiger partial charge on any atom is -0.462 e. The third-order valence-corrected chi connectivity index (χ3v) is 10.5. The number of fused-ring (bicyclic) bond motifs is 8. The van der Waals surface area contributed by atoms with E-state index in [0.717, 1.165) is 61.3 Å². The van der Waals surface area contributed by atoms with Crippen LogP contribution >= 0.6 is 11.3 Å². The Labute approximate surface area is 228 Å². The van der Waals surface area contributed by atoms with Crippen LogP contribution < -0.4 is 5.32 Å². The van der Waals surface area contributed by atoms with Crippen LogP contribution in [0.4, 0.5) is 15.2 Å². The fraction of sp³-hybridized carbons (Fsp3) is 0.581. The summed E-state index contributed by atoms with van der Waals surface area (Å²) in [6.45, 7) is 4.13. The van der Waals surface area contributed by atoms with Gasteiger partial charge in [0.05, 0.1) is 12.1 Å². The number of allylic oxidation sites excluding steroid dienone is 2. The smallest absolute Gasteiger partial charge is 0.306 e. The van der Waals surface area contributed by atoms with Gasteiger partial charge in [0.1, 0.15) is 11.9 Å². The SMILES string of the molecule is CC[C@H]1CCCC[C@@H](C)C(=O)C2=CC3C(c4nc(Nc5cccc(F)c5)sc4C4CCC[C@H]43)[C@@H]2CC(=O)O1. The summed E-state index contributed by atoms with van der Waals surface area (Å²) in [6, 6.07) is 6.44. The molecule has 0 amide bonds. The number of halogens is 1. The monoisotopic (exact) mass is 536 g/mol. The molecular weight excluding hydrogens is 499 g/mol. The van der Waals surface area contributed by atoms with Crippen LogP contribution in [0.3, 0.4) is 0 Å². The summed E-state index contributed by atoms with van der Waals surface area (Å²) in [7, 11) is 0. The lowest BCUT2D eigenvalue weighted by Crippen LogP contribution is -2.32. The number of ether oxygens (including phenoxy) is 1. The Morgan fingerprint density at radius 3 is 2.76 bits per heavy atom. The lowest BCUT2D eigenvalue weighted by Gasteiger charge is -2.37. The molecule has 1 saturated carbocycles. The molecule has 6 rings (SSSR count). The van der Waals surface area contributed by atoms with E-state index in [1.165, 1.54) is 23.4 Å². The molecule has 1 aromatic heterocycles. The lowest BCUT2D eigenvalue weighted by atomic mass is 9.67. The highest BCUT2D eigenvalue weighted by Gasteiger charge is 2.53. The van der Waals surface area contributed by atoms with Crippen LogP contribution in [0, 0.1) is 29.5 Å². The summed E-state index contributed by atoms with van der Waals surface area (Å²) in [4.78, 5) is 33.4. The fourth-order valence-corrected chi connectivity index (χ4v) is 8.78. The van der Waals surface area contributed by atoms with E-state index in [2.05, 4.69) is 25.2 Å². The van der Waals surface area contributed by atoms with Crippen molar-refractivity contribution in [3.63, 3.8) is 0 Å². The Hall–Kier alpha value is -2.54. The summed E-state index contributed by atoms with van der Waals surface area (Å²) in [5, 5.41) is 4.07. The zero-order chi connectivity index (χ0) is 26.4. The second-order valence-corrected chi connectivity index (χ2v) is 12.7. The van der Waals surface area contributed by atoms with Crippen LogP contribution in [-0.4, -0.2) is 22.8 Å². The first-order chi connectivity index (χ1) is 18.4. The molecule has 3 unspecified atom stereocenters. The maximum atomic E-state index is 13.8. The number of aromatic nitrogens is 1. The fourth-order valence-electron chi connectivity index (χ4n) is 7.53. The number of carbonyl (C=O) groups is 2. The van der Waals surface area contributed by atoms with Crippen molar-refractivity contribution in [2.75, 3.05) is 5.32 Å².